The highest BCUT2D eigenvalue weighted by atomic mass is 35.5. The summed E-state index contributed by atoms with van der Waals surface area (Å²) in [4.78, 5) is 31.2. The summed E-state index contributed by atoms with van der Waals surface area (Å²) in [5.41, 5.74) is 2.97. The van der Waals surface area contributed by atoms with Gasteiger partial charge in [0.15, 0.2) is 5.69 Å². The summed E-state index contributed by atoms with van der Waals surface area (Å²) in [6.07, 6.45) is 1.67. The molecule has 9 heteroatoms. The zero-order chi connectivity index (χ0) is 24.2. The van der Waals surface area contributed by atoms with E-state index < -0.39 is 11.4 Å². The van der Waals surface area contributed by atoms with Crippen molar-refractivity contribution in [3.63, 3.8) is 0 Å². The molecular weight excluding hydrogens is 457 g/mol. The van der Waals surface area contributed by atoms with Crippen molar-refractivity contribution in [2.75, 3.05) is 20.1 Å². The standard InChI is InChI=1S/C25H23ClFN5O2/c1-14-4-5-16(10-19(14)26)20-11-32-22(24(34)28-20)15(2)21(30-32)23(33)29-25(12-31(3)13-25)17-6-8-18(27)9-7-17/h4-11H,12-13H2,1-3H3,(H,28,34)(H,29,33). The lowest BCUT2D eigenvalue weighted by molar-refractivity contribution is 0.0507. The lowest BCUT2D eigenvalue weighted by Crippen LogP contribution is -2.66. The van der Waals surface area contributed by atoms with Crippen molar-refractivity contribution in [3.05, 3.63) is 92.2 Å². The molecule has 7 nitrogen and oxygen atoms in total. The van der Waals surface area contributed by atoms with Gasteiger partial charge in [-0.3, -0.25) is 9.59 Å². The monoisotopic (exact) mass is 479 g/mol. The summed E-state index contributed by atoms with van der Waals surface area (Å²) < 4.78 is 14.9. The summed E-state index contributed by atoms with van der Waals surface area (Å²) in [7, 11) is 1.95. The maximum Gasteiger partial charge on any atom is 0.274 e. The molecular formula is C25H23ClFN5O2. The van der Waals surface area contributed by atoms with Gasteiger partial charge in [0, 0.05) is 29.2 Å². The molecule has 2 N–H and O–H groups in total. The van der Waals surface area contributed by atoms with Gasteiger partial charge in [-0.15, -0.1) is 0 Å². The SMILES string of the molecule is Cc1ccc(-c2cn3nc(C(=O)NC4(c5ccc(F)cc5)CN(C)C4)c(C)c3c(=O)[nH]2)cc1Cl. The van der Waals surface area contributed by atoms with Gasteiger partial charge in [0.05, 0.1) is 17.4 Å². The number of aromatic amines is 1. The molecule has 1 aliphatic rings. The summed E-state index contributed by atoms with van der Waals surface area (Å²) in [5, 5.41) is 8.12. The van der Waals surface area contributed by atoms with Crippen LogP contribution in [0.1, 0.15) is 27.2 Å². The van der Waals surface area contributed by atoms with E-state index in [4.69, 9.17) is 11.6 Å². The van der Waals surface area contributed by atoms with Gasteiger partial charge >= 0.3 is 0 Å². The fourth-order valence-electron chi connectivity index (χ4n) is 4.60. The Labute approximate surface area is 200 Å². The first-order valence-electron chi connectivity index (χ1n) is 10.8. The second kappa shape index (κ2) is 8.07. The Morgan fingerprint density at radius 1 is 1.18 bits per heavy atom. The van der Waals surface area contributed by atoms with Gasteiger partial charge in [-0.2, -0.15) is 5.10 Å². The number of likely N-dealkylation sites (N-methyl/N-ethyl adjacent to an activating group) is 1. The lowest BCUT2D eigenvalue weighted by atomic mass is 9.82. The van der Waals surface area contributed by atoms with Crippen LogP contribution in [0.25, 0.3) is 16.8 Å². The number of hydrogen-bond donors (Lipinski definition) is 2. The van der Waals surface area contributed by atoms with E-state index in [2.05, 4.69) is 20.3 Å². The van der Waals surface area contributed by atoms with Gasteiger partial charge in [-0.25, -0.2) is 8.91 Å². The number of hydrogen-bond acceptors (Lipinski definition) is 4. The van der Waals surface area contributed by atoms with E-state index in [1.165, 1.54) is 16.6 Å². The zero-order valence-electron chi connectivity index (χ0n) is 18.9. The molecule has 0 aliphatic carbocycles. The smallest absolute Gasteiger partial charge is 0.274 e. The van der Waals surface area contributed by atoms with E-state index in [1.54, 1.807) is 31.3 Å². The number of nitrogens with zero attached hydrogens (tertiary/aromatic N) is 3. The van der Waals surface area contributed by atoms with Crippen LogP contribution < -0.4 is 10.9 Å². The molecule has 1 aliphatic heterocycles. The van der Waals surface area contributed by atoms with Crippen molar-refractivity contribution >= 4 is 23.0 Å². The Hall–Kier alpha value is -3.49. The Morgan fingerprint density at radius 2 is 1.88 bits per heavy atom. The van der Waals surface area contributed by atoms with Crippen LogP contribution in [0.5, 0.6) is 0 Å². The number of carbonyl (C=O) groups excluding carboxylic acids is 1. The summed E-state index contributed by atoms with van der Waals surface area (Å²) in [6.45, 7) is 4.76. The molecule has 0 spiro atoms. The van der Waals surface area contributed by atoms with Crippen LogP contribution >= 0.6 is 11.6 Å². The number of fused-ring (bicyclic) bond motifs is 1. The van der Waals surface area contributed by atoms with Crippen LogP contribution in [0.2, 0.25) is 5.02 Å². The van der Waals surface area contributed by atoms with Crippen molar-refractivity contribution in [2.45, 2.75) is 19.4 Å². The Morgan fingerprint density at radius 3 is 2.53 bits per heavy atom. The average Bonchev–Trinajstić information content (AvgIpc) is 3.11. The van der Waals surface area contributed by atoms with E-state index >= 15 is 0 Å². The van der Waals surface area contributed by atoms with Crippen LogP contribution in [-0.4, -0.2) is 45.5 Å². The fraction of sp³-hybridized carbons (Fsp3) is 0.240. The number of halogens is 2. The maximum absolute atomic E-state index is 13.5. The molecule has 1 fully saturated rings. The van der Waals surface area contributed by atoms with Gasteiger partial charge in [-0.1, -0.05) is 35.9 Å². The zero-order valence-corrected chi connectivity index (χ0v) is 19.7. The molecule has 174 valence electrons. The number of carbonyl (C=O) groups is 1. The highest BCUT2D eigenvalue weighted by molar-refractivity contribution is 6.31. The third-order valence-electron chi connectivity index (χ3n) is 6.39. The number of nitrogens with one attached hydrogen (secondary N) is 2. The van der Waals surface area contributed by atoms with Gasteiger partial charge in [0.1, 0.15) is 11.3 Å². The maximum atomic E-state index is 13.5. The molecule has 2 aromatic heterocycles. The third kappa shape index (κ3) is 3.69. The molecule has 4 aromatic rings. The van der Waals surface area contributed by atoms with Gasteiger partial charge in [0.25, 0.3) is 11.5 Å². The summed E-state index contributed by atoms with van der Waals surface area (Å²) in [5.74, 6) is -0.725. The molecule has 0 radical (unpaired) electrons. The minimum atomic E-state index is -0.655. The van der Waals surface area contributed by atoms with Gasteiger partial charge in [0.2, 0.25) is 0 Å². The molecule has 1 amide bonds. The molecule has 2 aromatic carbocycles. The highest BCUT2D eigenvalue weighted by Gasteiger charge is 2.44. The molecule has 0 bridgehead atoms. The lowest BCUT2D eigenvalue weighted by Gasteiger charge is -2.49. The first-order valence-corrected chi connectivity index (χ1v) is 11.2. The number of rotatable bonds is 4. The van der Waals surface area contributed by atoms with Crippen LogP contribution in [0, 0.1) is 19.7 Å². The molecule has 1 saturated heterocycles. The van der Waals surface area contributed by atoms with Crippen molar-refractivity contribution < 1.29 is 9.18 Å². The molecule has 5 rings (SSSR count). The second-order valence-corrected chi connectivity index (χ2v) is 9.35. The van der Waals surface area contributed by atoms with Gasteiger partial charge < -0.3 is 15.2 Å². The minimum absolute atomic E-state index is 0.167. The topological polar surface area (TPSA) is 82.5 Å². The van der Waals surface area contributed by atoms with Crippen LogP contribution in [0.15, 0.2) is 53.5 Å². The number of benzene rings is 2. The van der Waals surface area contributed by atoms with E-state index in [1.807, 2.05) is 26.1 Å². The van der Waals surface area contributed by atoms with Crippen molar-refractivity contribution in [1.29, 1.82) is 0 Å². The quantitative estimate of drug-likeness (QED) is 0.468. The predicted octanol–water partition coefficient (Wildman–Crippen LogP) is 3.67. The molecule has 0 atom stereocenters. The normalized spacial score (nSPS) is 15.3. The number of aromatic nitrogens is 3. The molecule has 3 heterocycles. The first kappa shape index (κ1) is 22.3. The van der Waals surface area contributed by atoms with Crippen LogP contribution in [-0.2, 0) is 5.54 Å². The van der Waals surface area contributed by atoms with Gasteiger partial charge in [-0.05, 0) is 50.2 Å². The Balaban J connectivity index is 1.52. The van der Waals surface area contributed by atoms with Crippen LogP contribution in [0.4, 0.5) is 4.39 Å². The summed E-state index contributed by atoms with van der Waals surface area (Å²) in [6, 6.07) is 11.6. The summed E-state index contributed by atoms with van der Waals surface area (Å²) >= 11 is 6.25. The molecule has 0 unspecified atom stereocenters. The van der Waals surface area contributed by atoms with E-state index in [9.17, 15) is 14.0 Å². The number of likely N-dealkylation sites (tertiary alicyclic amines) is 1. The predicted molar refractivity (Wildman–Crippen MR) is 129 cm³/mol. The largest absolute Gasteiger partial charge is 0.338 e. The van der Waals surface area contributed by atoms with Crippen molar-refractivity contribution in [3.8, 4) is 11.3 Å². The van der Waals surface area contributed by atoms with Crippen molar-refractivity contribution in [2.24, 2.45) is 0 Å². The fourth-order valence-corrected chi connectivity index (χ4v) is 4.78. The average molecular weight is 480 g/mol. The highest BCUT2D eigenvalue weighted by Crippen LogP contribution is 2.32. The second-order valence-electron chi connectivity index (χ2n) is 8.94. The minimum Gasteiger partial charge on any atom is -0.338 e. The number of aryl methyl sites for hydroxylation is 2. The van der Waals surface area contributed by atoms with E-state index in [0.29, 0.717) is 34.9 Å². The third-order valence-corrected chi connectivity index (χ3v) is 6.80. The molecule has 34 heavy (non-hydrogen) atoms. The van der Waals surface area contributed by atoms with Crippen molar-refractivity contribution in [1.82, 2.24) is 24.8 Å². The van der Waals surface area contributed by atoms with E-state index in [-0.39, 0.29) is 17.1 Å². The van der Waals surface area contributed by atoms with Crippen LogP contribution in [0.3, 0.4) is 0 Å². The first-order chi connectivity index (χ1) is 16.2. The Bertz CT molecular complexity index is 1490. The molecule has 0 saturated carbocycles. The number of H-pyrrole nitrogens is 1. The Kier molecular flexibility index (Phi) is 5.30. The number of amides is 1. The van der Waals surface area contributed by atoms with E-state index in [0.717, 1.165) is 16.7 Å².